The maximum Gasteiger partial charge on any atom is 0.418 e. The number of aromatic nitrogens is 1. The number of methoxy groups -OCH3 is 1. The zero-order valence-electron chi connectivity index (χ0n) is 25.6. The minimum Gasteiger partial charge on any atom is -0.494 e. The van der Waals surface area contributed by atoms with Crippen LogP contribution in [0.15, 0.2) is 30.3 Å². The van der Waals surface area contributed by atoms with Crippen molar-refractivity contribution in [1.82, 2.24) is 15.2 Å². The molecule has 44 heavy (non-hydrogen) atoms. The van der Waals surface area contributed by atoms with Crippen LogP contribution in [0.3, 0.4) is 0 Å². The molecule has 2 aromatic rings. The number of rotatable bonds is 9. The number of halogens is 3. The van der Waals surface area contributed by atoms with Gasteiger partial charge in [0.05, 0.1) is 30.5 Å². The van der Waals surface area contributed by atoms with Gasteiger partial charge in [-0.25, -0.2) is 9.59 Å². The Hall–Kier alpha value is -3.83. The number of hydrogen-bond donors (Lipinski definition) is 1. The molecule has 12 heteroatoms. The summed E-state index contributed by atoms with van der Waals surface area (Å²) >= 11 is 0. The van der Waals surface area contributed by atoms with Crippen molar-refractivity contribution in [2.45, 2.75) is 90.1 Å². The van der Waals surface area contributed by atoms with Gasteiger partial charge in [-0.3, -0.25) is 9.78 Å². The topological polar surface area (TPSA) is 107 Å². The van der Waals surface area contributed by atoms with Gasteiger partial charge in [0, 0.05) is 37.2 Å². The van der Waals surface area contributed by atoms with Gasteiger partial charge in [-0.2, -0.15) is 13.2 Å². The number of unbranched alkanes of at least 4 members (excludes halogenated alkanes) is 1. The maximum absolute atomic E-state index is 14.1. The van der Waals surface area contributed by atoms with Gasteiger partial charge in [-0.05, 0) is 89.1 Å². The van der Waals surface area contributed by atoms with Crippen LogP contribution in [0.25, 0.3) is 0 Å². The molecule has 1 aromatic carbocycles. The first-order valence-electron chi connectivity index (χ1n) is 14.9. The van der Waals surface area contributed by atoms with Gasteiger partial charge in [0.25, 0.3) is 0 Å². The number of nitrogens with zero attached hydrogens (tertiary/aromatic N) is 2. The predicted molar refractivity (Wildman–Crippen MR) is 155 cm³/mol. The second kappa shape index (κ2) is 13.9. The molecule has 1 fully saturated rings. The third-order valence-electron chi connectivity index (χ3n) is 7.70. The number of hydrogen-bond acceptors (Lipinski definition) is 7. The van der Waals surface area contributed by atoms with Crippen molar-refractivity contribution in [1.29, 1.82) is 0 Å². The molecule has 1 saturated carbocycles. The average molecular weight is 620 g/mol. The standard InChI is InChI=1S/C32H40F3N3O6/c1-31(2,3)44-30(41)36-23-12-11-20(16-23)28(39)38-14-13-26-22(19-38)18-25(32(33,34)35)27(37-26)10-5-6-15-43-24-9-7-8-21(17-24)29(40)42-4/h7-9,17-18,20,23H,5-6,10-16,19H2,1-4H3,(H,36,41). The number of amides is 2. The Morgan fingerprint density at radius 3 is 2.57 bits per heavy atom. The van der Waals surface area contributed by atoms with E-state index < -0.39 is 29.4 Å². The fourth-order valence-corrected chi connectivity index (χ4v) is 5.62. The highest BCUT2D eigenvalue weighted by Crippen LogP contribution is 2.35. The summed E-state index contributed by atoms with van der Waals surface area (Å²) in [7, 11) is 1.29. The number of ether oxygens (including phenoxy) is 3. The third-order valence-corrected chi connectivity index (χ3v) is 7.70. The Kier molecular flexibility index (Phi) is 10.4. The number of nitrogens with one attached hydrogen (secondary N) is 1. The quantitative estimate of drug-likeness (QED) is 0.277. The normalized spacial score (nSPS) is 18.4. The van der Waals surface area contributed by atoms with E-state index in [-0.39, 0.29) is 43.1 Å². The van der Waals surface area contributed by atoms with Crippen molar-refractivity contribution < 1.29 is 41.8 Å². The second-order valence-corrected chi connectivity index (χ2v) is 12.3. The smallest absolute Gasteiger partial charge is 0.418 e. The molecular weight excluding hydrogens is 579 g/mol. The van der Waals surface area contributed by atoms with E-state index in [0.29, 0.717) is 67.6 Å². The van der Waals surface area contributed by atoms with Crippen LogP contribution in [0.1, 0.15) is 85.7 Å². The molecule has 0 saturated heterocycles. The van der Waals surface area contributed by atoms with E-state index in [9.17, 15) is 27.6 Å². The zero-order chi connectivity index (χ0) is 32.1. The van der Waals surface area contributed by atoms with Crippen molar-refractivity contribution >= 4 is 18.0 Å². The van der Waals surface area contributed by atoms with Crippen LogP contribution in [-0.2, 0) is 39.8 Å². The van der Waals surface area contributed by atoms with Gasteiger partial charge in [0.15, 0.2) is 0 Å². The lowest BCUT2D eigenvalue weighted by Crippen LogP contribution is -2.41. The Morgan fingerprint density at radius 1 is 1.09 bits per heavy atom. The van der Waals surface area contributed by atoms with Gasteiger partial charge in [-0.15, -0.1) is 0 Å². The van der Waals surface area contributed by atoms with E-state index >= 15 is 0 Å². The molecule has 2 aliphatic rings. The Morgan fingerprint density at radius 2 is 1.86 bits per heavy atom. The van der Waals surface area contributed by atoms with Gasteiger partial charge in [0.2, 0.25) is 5.91 Å². The number of esters is 1. The summed E-state index contributed by atoms with van der Waals surface area (Å²) in [6, 6.07) is 7.47. The summed E-state index contributed by atoms with van der Waals surface area (Å²) < 4.78 is 57.9. The highest BCUT2D eigenvalue weighted by molar-refractivity contribution is 5.89. The average Bonchev–Trinajstić information content (AvgIpc) is 3.42. The monoisotopic (exact) mass is 619 g/mol. The molecule has 0 radical (unpaired) electrons. The second-order valence-electron chi connectivity index (χ2n) is 12.3. The van der Waals surface area contributed by atoms with E-state index in [1.165, 1.54) is 7.11 Å². The van der Waals surface area contributed by atoms with Gasteiger partial charge >= 0.3 is 18.2 Å². The van der Waals surface area contributed by atoms with Gasteiger partial charge in [-0.1, -0.05) is 6.07 Å². The molecule has 240 valence electrons. The molecule has 2 amide bonds. The van der Waals surface area contributed by atoms with Crippen molar-refractivity contribution in [2.24, 2.45) is 5.92 Å². The van der Waals surface area contributed by atoms with Crippen LogP contribution in [-0.4, -0.2) is 59.8 Å². The van der Waals surface area contributed by atoms with Crippen LogP contribution in [0.5, 0.6) is 5.75 Å². The van der Waals surface area contributed by atoms with E-state index in [1.54, 1.807) is 49.9 Å². The SMILES string of the molecule is COC(=O)c1cccc(OCCCCc2nc3c(cc2C(F)(F)F)CN(C(=O)C2CCC(NC(=O)OC(C)(C)C)C2)CC3)c1. The van der Waals surface area contributed by atoms with Crippen LogP contribution in [0.4, 0.5) is 18.0 Å². The summed E-state index contributed by atoms with van der Waals surface area (Å²) in [5.41, 5.74) is -0.0615. The lowest BCUT2D eigenvalue weighted by molar-refractivity contribution is -0.138. The Bertz CT molecular complexity index is 1360. The highest BCUT2D eigenvalue weighted by atomic mass is 19.4. The van der Waals surface area contributed by atoms with Crippen molar-refractivity contribution in [3.05, 3.63) is 58.4 Å². The number of carbonyl (C=O) groups is 3. The lowest BCUT2D eigenvalue weighted by atomic mass is 9.97. The largest absolute Gasteiger partial charge is 0.494 e. The Labute approximate surface area is 255 Å². The molecule has 0 spiro atoms. The first kappa shape index (κ1) is 33.1. The molecule has 1 aliphatic heterocycles. The fourth-order valence-electron chi connectivity index (χ4n) is 5.62. The first-order valence-corrected chi connectivity index (χ1v) is 14.9. The first-order chi connectivity index (χ1) is 20.7. The zero-order valence-corrected chi connectivity index (χ0v) is 25.6. The van der Waals surface area contributed by atoms with Gasteiger partial charge < -0.3 is 24.4 Å². The minimum atomic E-state index is -4.58. The summed E-state index contributed by atoms with van der Waals surface area (Å²) in [5, 5.41) is 2.82. The highest BCUT2D eigenvalue weighted by Gasteiger charge is 2.38. The number of alkyl carbamates (subject to hydrolysis) is 1. The summed E-state index contributed by atoms with van der Waals surface area (Å²) in [5.74, 6) is -0.432. The van der Waals surface area contributed by atoms with Crippen LogP contribution < -0.4 is 10.1 Å². The summed E-state index contributed by atoms with van der Waals surface area (Å²) in [6.45, 7) is 6.04. The number of alkyl halides is 3. The van der Waals surface area contributed by atoms with Crippen LogP contribution >= 0.6 is 0 Å². The molecule has 2 heterocycles. The van der Waals surface area contributed by atoms with E-state index in [2.05, 4.69) is 10.3 Å². The van der Waals surface area contributed by atoms with Gasteiger partial charge in [0.1, 0.15) is 11.4 Å². The van der Waals surface area contributed by atoms with Crippen molar-refractivity contribution in [3.63, 3.8) is 0 Å². The molecule has 1 aliphatic carbocycles. The van der Waals surface area contributed by atoms with Crippen LogP contribution in [0, 0.1) is 5.92 Å². The van der Waals surface area contributed by atoms with Crippen molar-refractivity contribution in [3.8, 4) is 5.75 Å². The number of pyridine rings is 1. The molecule has 0 bridgehead atoms. The number of aryl methyl sites for hydroxylation is 1. The molecule has 4 rings (SSSR count). The van der Waals surface area contributed by atoms with Crippen molar-refractivity contribution in [2.75, 3.05) is 20.3 Å². The maximum atomic E-state index is 14.1. The lowest BCUT2D eigenvalue weighted by Gasteiger charge is -2.31. The molecule has 2 unspecified atom stereocenters. The fraction of sp³-hybridized carbons (Fsp3) is 0.562. The number of carbonyl (C=O) groups excluding carboxylic acids is 3. The minimum absolute atomic E-state index is 0.00410. The number of fused-ring (bicyclic) bond motifs is 1. The predicted octanol–water partition coefficient (Wildman–Crippen LogP) is 5.87. The third kappa shape index (κ3) is 8.86. The van der Waals surface area contributed by atoms with Crippen LogP contribution in [0.2, 0.25) is 0 Å². The molecule has 1 aromatic heterocycles. The molecular formula is C32H40F3N3O6. The Balaban J connectivity index is 1.33. The van der Waals surface area contributed by atoms with E-state index in [4.69, 9.17) is 14.2 Å². The number of benzene rings is 1. The molecule has 9 nitrogen and oxygen atoms in total. The van der Waals surface area contributed by atoms with E-state index in [0.717, 1.165) is 6.07 Å². The van der Waals surface area contributed by atoms with E-state index in [1.807, 2.05) is 0 Å². The summed E-state index contributed by atoms with van der Waals surface area (Å²) in [6.07, 6.45) is -2.00. The molecule has 2 atom stereocenters. The summed E-state index contributed by atoms with van der Waals surface area (Å²) in [4.78, 5) is 43.1. The molecule has 1 N–H and O–H groups in total.